The van der Waals surface area contributed by atoms with Gasteiger partial charge in [0, 0.05) is 5.56 Å². The molecule has 0 aromatic heterocycles. The topological polar surface area (TPSA) is 50.7 Å². The molecule has 0 aliphatic rings. The molecule has 1 N–H and O–H groups in total. The Bertz CT molecular complexity index is 728. The first-order chi connectivity index (χ1) is 11.9. The van der Waals surface area contributed by atoms with Gasteiger partial charge in [0.05, 0.1) is 19.2 Å². The monoisotopic (exact) mass is 338 g/mol. The van der Waals surface area contributed by atoms with Crippen LogP contribution in [0.3, 0.4) is 0 Å². The second-order valence-corrected chi connectivity index (χ2v) is 6.89. The van der Waals surface area contributed by atoms with Gasteiger partial charge in [0.15, 0.2) is 0 Å². The van der Waals surface area contributed by atoms with E-state index in [9.17, 15) is 4.79 Å². The summed E-state index contributed by atoms with van der Waals surface area (Å²) in [5.41, 5.74) is 5.73. The van der Waals surface area contributed by atoms with Crippen LogP contribution in [0.4, 0.5) is 0 Å². The fraction of sp³-hybridized carbons (Fsp3) is 0.333. The van der Waals surface area contributed by atoms with Crippen LogP contribution in [-0.4, -0.2) is 18.7 Å². The van der Waals surface area contributed by atoms with Crippen LogP contribution in [0.25, 0.3) is 0 Å². The van der Waals surface area contributed by atoms with E-state index >= 15 is 0 Å². The third-order valence-electron chi connectivity index (χ3n) is 3.80. The SMILES string of the molecule is CCOc1ccccc1/C=N\NC(=O)Cc1ccc(C(C)(C)C)cc1. The Hall–Kier alpha value is -2.62. The van der Waals surface area contributed by atoms with E-state index in [1.807, 2.05) is 43.3 Å². The molecule has 4 nitrogen and oxygen atoms in total. The summed E-state index contributed by atoms with van der Waals surface area (Å²) < 4.78 is 5.52. The molecule has 0 heterocycles. The first-order valence-electron chi connectivity index (χ1n) is 8.53. The summed E-state index contributed by atoms with van der Waals surface area (Å²) in [6, 6.07) is 15.7. The van der Waals surface area contributed by atoms with Crippen molar-refractivity contribution in [2.24, 2.45) is 5.10 Å². The zero-order valence-corrected chi connectivity index (χ0v) is 15.4. The molecule has 0 saturated carbocycles. The number of nitrogens with zero attached hydrogens (tertiary/aromatic N) is 1. The molecule has 0 spiro atoms. The average Bonchev–Trinajstić information content (AvgIpc) is 2.56. The highest BCUT2D eigenvalue weighted by molar-refractivity contribution is 5.85. The number of hydrogen-bond acceptors (Lipinski definition) is 3. The van der Waals surface area contributed by atoms with Gasteiger partial charge in [-0.05, 0) is 35.6 Å². The first-order valence-corrected chi connectivity index (χ1v) is 8.53. The van der Waals surface area contributed by atoms with Crippen molar-refractivity contribution in [2.45, 2.75) is 39.5 Å². The third kappa shape index (κ3) is 5.75. The van der Waals surface area contributed by atoms with Crippen molar-refractivity contribution < 1.29 is 9.53 Å². The van der Waals surface area contributed by atoms with Crippen LogP contribution in [0.5, 0.6) is 5.75 Å². The number of para-hydroxylation sites is 1. The minimum Gasteiger partial charge on any atom is -0.493 e. The van der Waals surface area contributed by atoms with E-state index in [0.717, 1.165) is 16.9 Å². The Morgan fingerprint density at radius 3 is 2.44 bits per heavy atom. The standard InChI is InChI=1S/C21H26N2O2/c1-5-25-19-9-7-6-8-17(19)15-22-23-20(24)14-16-10-12-18(13-11-16)21(2,3)4/h6-13,15H,5,14H2,1-4H3,(H,23,24)/b22-15-. The first kappa shape index (κ1) is 18.7. The molecule has 0 unspecified atom stereocenters. The Kier molecular flexibility index (Phi) is 6.34. The quantitative estimate of drug-likeness (QED) is 0.637. The molecule has 4 heteroatoms. The highest BCUT2D eigenvalue weighted by Gasteiger charge is 2.13. The highest BCUT2D eigenvalue weighted by atomic mass is 16.5. The molecule has 0 atom stereocenters. The Labute approximate surface area is 149 Å². The summed E-state index contributed by atoms with van der Waals surface area (Å²) in [5, 5.41) is 4.03. The molecule has 0 bridgehead atoms. The number of hydrogen-bond donors (Lipinski definition) is 1. The van der Waals surface area contributed by atoms with Gasteiger partial charge in [-0.25, -0.2) is 5.43 Å². The maximum absolute atomic E-state index is 12.0. The second-order valence-electron chi connectivity index (χ2n) is 6.89. The van der Waals surface area contributed by atoms with Crippen LogP contribution >= 0.6 is 0 Å². The number of carbonyl (C=O) groups excluding carboxylic acids is 1. The largest absolute Gasteiger partial charge is 0.493 e. The van der Waals surface area contributed by atoms with Gasteiger partial charge >= 0.3 is 0 Å². The molecule has 2 rings (SSSR count). The van der Waals surface area contributed by atoms with Gasteiger partial charge in [-0.2, -0.15) is 5.10 Å². The molecular weight excluding hydrogens is 312 g/mol. The lowest BCUT2D eigenvalue weighted by Gasteiger charge is -2.19. The summed E-state index contributed by atoms with van der Waals surface area (Å²) in [5.74, 6) is 0.606. The normalized spacial score (nSPS) is 11.5. The van der Waals surface area contributed by atoms with Crippen molar-refractivity contribution in [1.82, 2.24) is 5.43 Å². The molecule has 1 amide bonds. The van der Waals surface area contributed by atoms with Gasteiger partial charge in [0.1, 0.15) is 5.75 Å². The van der Waals surface area contributed by atoms with Crippen LogP contribution in [0.15, 0.2) is 53.6 Å². The van der Waals surface area contributed by atoms with E-state index in [2.05, 4.69) is 43.4 Å². The molecule has 0 fully saturated rings. The summed E-state index contributed by atoms with van der Waals surface area (Å²) in [6.07, 6.45) is 1.90. The number of carbonyl (C=O) groups is 1. The van der Waals surface area contributed by atoms with Crippen molar-refractivity contribution in [3.05, 3.63) is 65.2 Å². The van der Waals surface area contributed by atoms with Gasteiger partial charge in [0.25, 0.3) is 0 Å². The number of amides is 1. The van der Waals surface area contributed by atoms with Gasteiger partial charge in [-0.3, -0.25) is 4.79 Å². The van der Waals surface area contributed by atoms with Crippen LogP contribution in [0, 0.1) is 0 Å². The molecule has 2 aromatic rings. The zero-order chi connectivity index (χ0) is 18.3. The molecule has 0 aliphatic carbocycles. The summed E-state index contributed by atoms with van der Waals surface area (Å²) in [4.78, 5) is 12.0. The number of nitrogens with one attached hydrogen (secondary N) is 1. The van der Waals surface area contributed by atoms with Gasteiger partial charge < -0.3 is 4.74 Å². The molecule has 0 saturated heterocycles. The van der Waals surface area contributed by atoms with Crippen molar-refractivity contribution in [1.29, 1.82) is 0 Å². The maximum atomic E-state index is 12.0. The molecule has 0 aliphatic heterocycles. The van der Waals surface area contributed by atoms with Gasteiger partial charge in [0.2, 0.25) is 5.91 Å². The van der Waals surface area contributed by atoms with Crippen LogP contribution in [-0.2, 0) is 16.6 Å². The minimum atomic E-state index is -0.145. The van der Waals surface area contributed by atoms with Gasteiger partial charge in [-0.1, -0.05) is 57.2 Å². The average molecular weight is 338 g/mol. The predicted octanol–water partition coefficient (Wildman–Crippen LogP) is 4.08. The molecule has 25 heavy (non-hydrogen) atoms. The molecule has 0 radical (unpaired) electrons. The summed E-state index contributed by atoms with van der Waals surface area (Å²) in [7, 11) is 0. The molecule has 2 aromatic carbocycles. The number of benzene rings is 2. The van der Waals surface area contributed by atoms with E-state index in [-0.39, 0.29) is 11.3 Å². The lowest BCUT2D eigenvalue weighted by molar-refractivity contribution is -0.120. The van der Waals surface area contributed by atoms with E-state index < -0.39 is 0 Å². The van der Waals surface area contributed by atoms with Crippen molar-refractivity contribution in [3.63, 3.8) is 0 Å². The van der Waals surface area contributed by atoms with Crippen LogP contribution < -0.4 is 10.2 Å². The number of rotatable bonds is 6. The van der Waals surface area contributed by atoms with Crippen LogP contribution in [0.2, 0.25) is 0 Å². The summed E-state index contributed by atoms with van der Waals surface area (Å²) in [6.45, 7) is 9.03. The second kappa shape index (κ2) is 8.47. The molecular formula is C21H26N2O2. The lowest BCUT2D eigenvalue weighted by atomic mass is 9.86. The Balaban J connectivity index is 1.93. The minimum absolute atomic E-state index is 0.110. The summed E-state index contributed by atoms with van der Waals surface area (Å²) >= 11 is 0. The van der Waals surface area contributed by atoms with E-state index in [1.54, 1.807) is 6.21 Å². The van der Waals surface area contributed by atoms with Gasteiger partial charge in [-0.15, -0.1) is 0 Å². The van der Waals surface area contributed by atoms with Crippen molar-refractivity contribution in [2.75, 3.05) is 6.61 Å². The van der Waals surface area contributed by atoms with Crippen molar-refractivity contribution >= 4 is 12.1 Å². The van der Waals surface area contributed by atoms with Crippen LogP contribution in [0.1, 0.15) is 44.4 Å². The fourth-order valence-electron chi connectivity index (χ4n) is 2.40. The fourth-order valence-corrected chi connectivity index (χ4v) is 2.40. The Morgan fingerprint density at radius 2 is 1.80 bits per heavy atom. The lowest BCUT2D eigenvalue weighted by Crippen LogP contribution is -2.20. The van der Waals surface area contributed by atoms with E-state index in [4.69, 9.17) is 4.74 Å². The highest BCUT2D eigenvalue weighted by Crippen LogP contribution is 2.22. The maximum Gasteiger partial charge on any atom is 0.244 e. The third-order valence-corrected chi connectivity index (χ3v) is 3.80. The number of ether oxygens (including phenoxy) is 1. The van der Waals surface area contributed by atoms with E-state index in [1.165, 1.54) is 5.56 Å². The zero-order valence-electron chi connectivity index (χ0n) is 15.4. The van der Waals surface area contributed by atoms with E-state index in [0.29, 0.717) is 13.0 Å². The van der Waals surface area contributed by atoms with Crippen molar-refractivity contribution in [3.8, 4) is 5.75 Å². The Morgan fingerprint density at radius 1 is 1.12 bits per heavy atom. The molecule has 132 valence electrons. The number of hydrazone groups is 1. The predicted molar refractivity (Wildman–Crippen MR) is 102 cm³/mol. The smallest absolute Gasteiger partial charge is 0.244 e.